The van der Waals surface area contributed by atoms with Crippen LogP contribution in [0.4, 0.5) is 4.39 Å². The Morgan fingerprint density at radius 1 is 1.13 bits per heavy atom. The molecular weight excluding hydrogens is 303 g/mol. The third-order valence-electron chi connectivity index (χ3n) is 2.72. The Morgan fingerprint density at radius 3 is 2.39 bits per heavy atom. The van der Waals surface area contributed by atoms with Crippen molar-refractivity contribution in [2.75, 3.05) is 6.61 Å². The summed E-state index contributed by atoms with van der Waals surface area (Å²) in [6, 6.07) is 11.5. The zero-order valence-corrected chi connectivity index (χ0v) is 11.9. The maximum atomic E-state index is 12.7. The standard InChI is InChI=1S/C16H13FN2O4/c17-13-5-3-12(4-6-13)16(22)19-18-9-11-1-7-14(8-2-11)23-10-15(20)21/h1-9H,10H2,(H,19,22)(H,20,21)/p-1/b18-9-. The van der Waals surface area contributed by atoms with Crippen LogP contribution in [0.2, 0.25) is 0 Å². The number of carbonyl (C=O) groups is 2. The molecule has 2 aromatic carbocycles. The van der Waals surface area contributed by atoms with E-state index in [1.165, 1.54) is 30.5 Å². The number of ether oxygens (including phenoxy) is 1. The number of aliphatic carboxylic acids is 1. The number of amides is 1. The van der Waals surface area contributed by atoms with Crippen molar-refractivity contribution in [2.24, 2.45) is 5.10 Å². The van der Waals surface area contributed by atoms with Gasteiger partial charge in [0.15, 0.2) is 0 Å². The molecule has 0 radical (unpaired) electrons. The predicted octanol–water partition coefficient (Wildman–Crippen LogP) is 0.718. The van der Waals surface area contributed by atoms with Gasteiger partial charge in [0, 0.05) is 5.56 Å². The van der Waals surface area contributed by atoms with Gasteiger partial charge in [-0.2, -0.15) is 5.10 Å². The lowest BCUT2D eigenvalue weighted by Crippen LogP contribution is -2.28. The van der Waals surface area contributed by atoms with Crippen molar-refractivity contribution in [1.82, 2.24) is 5.43 Å². The third kappa shape index (κ3) is 5.24. The first-order chi connectivity index (χ1) is 11.0. The maximum Gasteiger partial charge on any atom is 0.271 e. The Labute approximate surface area is 131 Å². The molecule has 0 aliphatic carbocycles. The van der Waals surface area contributed by atoms with E-state index in [0.29, 0.717) is 11.3 Å². The average molecular weight is 315 g/mol. The Bertz CT molecular complexity index is 712. The van der Waals surface area contributed by atoms with Crippen molar-refractivity contribution in [3.8, 4) is 5.75 Å². The molecular formula is C16H12FN2O4-. The summed E-state index contributed by atoms with van der Waals surface area (Å²) in [7, 11) is 0. The van der Waals surface area contributed by atoms with Gasteiger partial charge >= 0.3 is 0 Å². The summed E-state index contributed by atoms with van der Waals surface area (Å²) in [5.41, 5.74) is 3.27. The van der Waals surface area contributed by atoms with Crippen molar-refractivity contribution in [3.63, 3.8) is 0 Å². The molecule has 0 atom stereocenters. The van der Waals surface area contributed by atoms with E-state index in [2.05, 4.69) is 10.5 Å². The van der Waals surface area contributed by atoms with E-state index in [-0.39, 0.29) is 5.56 Å². The molecule has 1 amide bonds. The van der Waals surface area contributed by atoms with Crippen LogP contribution < -0.4 is 15.3 Å². The number of nitrogens with zero attached hydrogens (tertiary/aromatic N) is 1. The normalized spacial score (nSPS) is 10.5. The van der Waals surface area contributed by atoms with Gasteiger partial charge in [0.2, 0.25) is 0 Å². The van der Waals surface area contributed by atoms with Crippen molar-refractivity contribution in [3.05, 3.63) is 65.5 Å². The van der Waals surface area contributed by atoms with Crippen molar-refractivity contribution < 1.29 is 23.8 Å². The second-order valence-corrected chi connectivity index (χ2v) is 4.44. The molecule has 2 aromatic rings. The number of benzene rings is 2. The molecule has 0 bridgehead atoms. The molecule has 118 valence electrons. The van der Waals surface area contributed by atoms with E-state index in [1.54, 1.807) is 24.3 Å². The number of nitrogens with one attached hydrogen (secondary N) is 1. The molecule has 0 fully saturated rings. The first-order valence-electron chi connectivity index (χ1n) is 6.56. The highest BCUT2D eigenvalue weighted by molar-refractivity contribution is 5.94. The second kappa shape index (κ2) is 7.69. The summed E-state index contributed by atoms with van der Waals surface area (Å²) in [4.78, 5) is 22.0. The number of hydrogen-bond acceptors (Lipinski definition) is 5. The number of hydrazone groups is 1. The maximum absolute atomic E-state index is 12.7. The van der Waals surface area contributed by atoms with Gasteiger partial charge in [0.1, 0.15) is 18.2 Å². The Balaban J connectivity index is 1.88. The lowest BCUT2D eigenvalue weighted by molar-refractivity contribution is -0.307. The zero-order chi connectivity index (χ0) is 16.7. The molecule has 1 N–H and O–H groups in total. The van der Waals surface area contributed by atoms with Crippen molar-refractivity contribution in [2.45, 2.75) is 0 Å². The number of carboxylic acid groups (broad SMARTS) is 1. The van der Waals surface area contributed by atoms with Gasteiger partial charge in [-0.25, -0.2) is 9.82 Å². The van der Waals surface area contributed by atoms with E-state index in [1.807, 2.05) is 0 Å². The van der Waals surface area contributed by atoms with Crippen LogP contribution in [0.1, 0.15) is 15.9 Å². The van der Waals surface area contributed by atoms with Gasteiger partial charge < -0.3 is 14.6 Å². The van der Waals surface area contributed by atoms with E-state index >= 15 is 0 Å². The Morgan fingerprint density at radius 2 is 1.78 bits per heavy atom. The minimum atomic E-state index is -1.31. The van der Waals surface area contributed by atoms with Crippen LogP contribution in [0.15, 0.2) is 53.6 Å². The number of hydrogen-bond donors (Lipinski definition) is 1. The molecule has 0 spiro atoms. The van der Waals surface area contributed by atoms with Crippen LogP contribution in [-0.4, -0.2) is 24.7 Å². The SMILES string of the molecule is O=C([O-])COc1ccc(/C=N\NC(=O)c2ccc(F)cc2)cc1. The van der Waals surface area contributed by atoms with Crippen LogP contribution in [0, 0.1) is 5.82 Å². The highest BCUT2D eigenvalue weighted by atomic mass is 19.1. The van der Waals surface area contributed by atoms with Crippen LogP contribution >= 0.6 is 0 Å². The number of halogens is 1. The van der Waals surface area contributed by atoms with Crippen molar-refractivity contribution >= 4 is 18.1 Å². The van der Waals surface area contributed by atoms with Gasteiger partial charge in [-0.05, 0) is 54.1 Å². The van der Waals surface area contributed by atoms with Gasteiger partial charge in [-0.15, -0.1) is 0 Å². The molecule has 7 heteroatoms. The summed E-state index contributed by atoms with van der Waals surface area (Å²) in [5, 5.41) is 14.0. The first kappa shape index (κ1) is 16.2. The summed E-state index contributed by atoms with van der Waals surface area (Å²) in [6.45, 7) is -0.527. The lowest BCUT2D eigenvalue weighted by Gasteiger charge is -2.06. The molecule has 0 saturated carbocycles. The second-order valence-electron chi connectivity index (χ2n) is 4.44. The Kier molecular flexibility index (Phi) is 5.40. The smallest absolute Gasteiger partial charge is 0.271 e. The lowest BCUT2D eigenvalue weighted by atomic mass is 10.2. The quantitative estimate of drug-likeness (QED) is 0.628. The highest BCUT2D eigenvalue weighted by Gasteiger charge is 2.03. The van der Waals surface area contributed by atoms with Crippen molar-refractivity contribution in [1.29, 1.82) is 0 Å². The minimum absolute atomic E-state index is 0.287. The molecule has 0 heterocycles. The number of carbonyl (C=O) groups excluding carboxylic acids is 2. The monoisotopic (exact) mass is 315 g/mol. The molecule has 0 unspecified atom stereocenters. The molecule has 0 aliphatic rings. The predicted molar refractivity (Wildman–Crippen MR) is 78.4 cm³/mol. The zero-order valence-electron chi connectivity index (χ0n) is 11.9. The van der Waals surface area contributed by atoms with Gasteiger partial charge in [0.05, 0.1) is 12.2 Å². The summed E-state index contributed by atoms with van der Waals surface area (Å²) in [5.74, 6) is -1.82. The fraction of sp³-hybridized carbons (Fsp3) is 0.0625. The van der Waals surface area contributed by atoms with Crippen LogP contribution in [0.5, 0.6) is 5.75 Å². The van der Waals surface area contributed by atoms with E-state index in [9.17, 15) is 19.1 Å². The van der Waals surface area contributed by atoms with E-state index in [0.717, 1.165) is 0 Å². The Hall–Kier alpha value is -3.22. The van der Waals surface area contributed by atoms with Crippen LogP contribution in [0.25, 0.3) is 0 Å². The summed E-state index contributed by atoms with van der Waals surface area (Å²) >= 11 is 0. The molecule has 6 nitrogen and oxygen atoms in total. The van der Waals surface area contributed by atoms with E-state index in [4.69, 9.17) is 4.74 Å². The van der Waals surface area contributed by atoms with Gasteiger partial charge in [-0.1, -0.05) is 0 Å². The molecule has 0 aromatic heterocycles. The van der Waals surface area contributed by atoms with Crippen LogP contribution in [-0.2, 0) is 4.79 Å². The topological polar surface area (TPSA) is 90.8 Å². The molecule has 0 aliphatic heterocycles. The average Bonchev–Trinajstić information content (AvgIpc) is 2.54. The molecule has 0 saturated heterocycles. The third-order valence-corrected chi connectivity index (χ3v) is 2.72. The molecule has 2 rings (SSSR count). The van der Waals surface area contributed by atoms with Gasteiger partial charge in [-0.3, -0.25) is 4.79 Å². The number of carboxylic acids is 1. The minimum Gasteiger partial charge on any atom is -0.546 e. The first-order valence-corrected chi connectivity index (χ1v) is 6.56. The van der Waals surface area contributed by atoms with E-state index < -0.39 is 24.3 Å². The highest BCUT2D eigenvalue weighted by Crippen LogP contribution is 2.10. The fourth-order valence-electron chi connectivity index (χ4n) is 1.62. The summed E-state index contributed by atoms with van der Waals surface area (Å²) < 4.78 is 17.7. The fourth-order valence-corrected chi connectivity index (χ4v) is 1.62. The summed E-state index contributed by atoms with van der Waals surface area (Å²) in [6.07, 6.45) is 1.41. The molecule has 23 heavy (non-hydrogen) atoms. The van der Waals surface area contributed by atoms with Gasteiger partial charge in [0.25, 0.3) is 5.91 Å². The largest absolute Gasteiger partial charge is 0.546 e. The number of rotatable bonds is 6. The van der Waals surface area contributed by atoms with Crippen LogP contribution in [0.3, 0.4) is 0 Å².